The standard InChI is InChI=1S/C14H15N/c1-3-12-5-7-13-6-4-11(2)8-14(13)10-15-9-12/h3-8,13H,9H2,1-2H3/b7-5?,12-3+. The number of allylic oxidation sites excluding steroid dienone is 7. The molecule has 0 aromatic carbocycles. The molecule has 0 amide bonds. The van der Waals surface area contributed by atoms with Gasteiger partial charge in [0, 0.05) is 11.5 Å². The maximum atomic E-state index is 4.32. The molecule has 1 atom stereocenters. The third-order valence-electron chi connectivity index (χ3n) is 2.67. The van der Waals surface area contributed by atoms with Crippen LogP contribution in [0.2, 0.25) is 0 Å². The van der Waals surface area contributed by atoms with Crippen molar-refractivity contribution in [2.45, 2.75) is 13.8 Å². The summed E-state index contributed by atoms with van der Waals surface area (Å²) in [6, 6.07) is 0. The Kier molecular flexibility index (Phi) is 2.84. The third kappa shape index (κ3) is 2.26. The molecule has 1 aliphatic heterocycles. The monoisotopic (exact) mass is 197 g/mol. The van der Waals surface area contributed by atoms with E-state index in [1.807, 2.05) is 6.92 Å². The van der Waals surface area contributed by atoms with E-state index in [4.69, 9.17) is 0 Å². The molecule has 2 rings (SSSR count). The zero-order chi connectivity index (χ0) is 10.7. The Labute approximate surface area is 90.9 Å². The summed E-state index contributed by atoms with van der Waals surface area (Å²) in [5, 5.41) is 0. The smallest absolute Gasteiger partial charge is 0.0731 e. The Balaban J connectivity index is 2.40. The van der Waals surface area contributed by atoms with E-state index < -0.39 is 0 Å². The average Bonchev–Trinajstić information content (AvgIpc) is 2.21. The maximum Gasteiger partial charge on any atom is 0.0731 e. The predicted octanol–water partition coefficient (Wildman–Crippen LogP) is 3.23. The van der Waals surface area contributed by atoms with Gasteiger partial charge in [0.15, 0.2) is 0 Å². The summed E-state index contributed by atoms with van der Waals surface area (Å²) in [4.78, 5) is 4.32. The van der Waals surface area contributed by atoms with Crippen LogP contribution in [0.1, 0.15) is 13.8 Å². The number of nitrogens with zero attached hydrogens (tertiary/aromatic N) is 1. The summed E-state index contributed by atoms with van der Waals surface area (Å²) in [7, 11) is 0. The van der Waals surface area contributed by atoms with Gasteiger partial charge in [-0.1, -0.05) is 36.0 Å². The summed E-state index contributed by atoms with van der Waals surface area (Å²) >= 11 is 0. The first kappa shape index (κ1) is 9.95. The fraction of sp³-hybridized carbons (Fsp3) is 0.286. The molecule has 0 fully saturated rings. The molecule has 0 aromatic rings. The number of aliphatic imine (C=N–C) groups is 1. The van der Waals surface area contributed by atoms with Gasteiger partial charge < -0.3 is 0 Å². The molecule has 2 aliphatic rings. The van der Waals surface area contributed by atoms with Crippen LogP contribution in [0.3, 0.4) is 0 Å². The lowest BCUT2D eigenvalue weighted by Gasteiger charge is -2.14. The van der Waals surface area contributed by atoms with Crippen molar-refractivity contribution >= 4 is 5.87 Å². The van der Waals surface area contributed by atoms with Crippen LogP contribution in [0.5, 0.6) is 0 Å². The van der Waals surface area contributed by atoms with Gasteiger partial charge in [0.1, 0.15) is 0 Å². The van der Waals surface area contributed by atoms with E-state index in [-0.39, 0.29) is 0 Å². The molecular weight excluding hydrogens is 182 g/mol. The van der Waals surface area contributed by atoms with Gasteiger partial charge in [-0.2, -0.15) is 0 Å². The largest absolute Gasteiger partial charge is 0.238 e. The van der Waals surface area contributed by atoms with Crippen LogP contribution in [-0.2, 0) is 0 Å². The highest BCUT2D eigenvalue weighted by Crippen LogP contribution is 2.22. The minimum atomic E-state index is 0.340. The molecule has 0 radical (unpaired) electrons. The first-order chi connectivity index (χ1) is 7.29. The van der Waals surface area contributed by atoms with Gasteiger partial charge in [0.05, 0.1) is 6.54 Å². The molecule has 1 aliphatic carbocycles. The lowest BCUT2D eigenvalue weighted by Crippen LogP contribution is -2.03. The van der Waals surface area contributed by atoms with Crippen LogP contribution in [0, 0.1) is 5.92 Å². The van der Waals surface area contributed by atoms with Crippen LogP contribution in [0.15, 0.2) is 58.2 Å². The Morgan fingerprint density at radius 3 is 3.00 bits per heavy atom. The van der Waals surface area contributed by atoms with E-state index in [9.17, 15) is 0 Å². The van der Waals surface area contributed by atoms with Crippen LogP contribution in [-0.4, -0.2) is 12.4 Å². The molecule has 0 N–H and O–H groups in total. The van der Waals surface area contributed by atoms with Crippen molar-refractivity contribution in [3.8, 4) is 0 Å². The lowest BCUT2D eigenvalue weighted by molar-refractivity contribution is 0.984. The van der Waals surface area contributed by atoms with E-state index in [1.54, 1.807) is 0 Å². The first-order valence-electron chi connectivity index (χ1n) is 5.29. The van der Waals surface area contributed by atoms with E-state index in [2.05, 4.69) is 54.2 Å². The fourth-order valence-corrected chi connectivity index (χ4v) is 1.71. The minimum absolute atomic E-state index is 0.340. The number of hydrogen-bond donors (Lipinski definition) is 0. The molecule has 0 spiro atoms. The summed E-state index contributed by atoms with van der Waals surface area (Å²) in [5.41, 5.74) is 3.69. The normalized spacial score (nSPS) is 26.8. The van der Waals surface area contributed by atoms with E-state index >= 15 is 0 Å². The van der Waals surface area contributed by atoms with Gasteiger partial charge in [-0.25, -0.2) is 4.99 Å². The van der Waals surface area contributed by atoms with Gasteiger partial charge in [-0.05, 0) is 31.4 Å². The Morgan fingerprint density at radius 1 is 1.40 bits per heavy atom. The average molecular weight is 197 g/mol. The third-order valence-corrected chi connectivity index (χ3v) is 2.67. The van der Waals surface area contributed by atoms with Crippen molar-refractivity contribution in [3.63, 3.8) is 0 Å². The topological polar surface area (TPSA) is 12.4 Å². The maximum absolute atomic E-state index is 4.32. The van der Waals surface area contributed by atoms with Gasteiger partial charge in [-0.3, -0.25) is 0 Å². The van der Waals surface area contributed by atoms with Crippen molar-refractivity contribution in [3.05, 3.63) is 53.2 Å². The van der Waals surface area contributed by atoms with Gasteiger partial charge in [0.25, 0.3) is 0 Å². The molecule has 76 valence electrons. The van der Waals surface area contributed by atoms with Crippen molar-refractivity contribution in [1.29, 1.82) is 0 Å². The van der Waals surface area contributed by atoms with Gasteiger partial charge >= 0.3 is 0 Å². The van der Waals surface area contributed by atoms with Crippen molar-refractivity contribution < 1.29 is 0 Å². The Morgan fingerprint density at radius 2 is 2.20 bits per heavy atom. The van der Waals surface area contributed by atoms with Gasteiger partial charge in [-0.15, -0.1) is 0 Å². The highest BCUT2D eigenvalue weighted by atomic mass is 14.7. The zero-order valence-corrected chi connectivity index (χ0v) is 9.20. The molecule has 1 nitrogen and oxygen atoms in total. The van der Waals surface area contributed by atoms with E-state index in [0.29, 0.717) is 5.92 Å². The SMILES string of the molecule is C/C=C1\C=CC2C=CC(C)=CC2=C=NC1. The summed E-state index contributed by atoms with van der Waals surface area (Å²) in [5.74, 6) is 3.48. The van der Waals surface area contributed by atoms with E-state index in [1.165, 1.54) is 16.7 Å². The molecular formula is C14H15N. The van der Waals surface area contributed by atoms with Crippen molar-refractivity contribution in [2.75, 3.05) is 6.54 Å². The Hall–Kier alpha value is -1.59. The Bertz CT molecular complexity index is 438. The molecule has 1 unspecified atom stereocenters. The summed E-state index contributed by atoms with van der Waals surface area (Å²) in [6.07, 6.45) is 13.0. The highest BCUT2D eigenvalue weighted by molar-refractivity contribution is 5.67. The second kappa shape index (κ2) is 4.29. The molecule has 1 heteroatoms. The second-order valence-electron chi connectivity index (χ2n) is 3.88. The highest BCUT2D eigenvalue weighted by Gasteiger charge is 2.11. The molecule has 0 saturated heterocycles. The lowest BCUT2D eigenvalue weighted by atomic mass is 9.91. The van der Waals surface area contributed by atoms with Gasteiger partial charge in [0.2, 0.25) is 0 Å². The number of rotatable bonds is 0. The fourth-order valence-electron chi connectivity index (χ4n) is 1.71. The van der Waals surface area contributed by atoms with Crippen LogP contribution in [0.4, 0.5) is 0 Å². The van der Waals surface area contributed by atoms with Crippen molar-refractivity contribution in [2.24, 2.45) is 10.9 Å². The summed E-state index contributed by atoms with van der Waals surface area (Å²) in [6.45, 7) is 4.88. The van der Waals surface area contributed by atoms with E-state index in [0.717, 1.165) is 6.54 Å². The predicted molar refractivity (Wildman–Crippen MR) is 65.1 cm³/mol. The molecule has 0 aromatic heterocycles. The van der Waals surface area contributed by atoms with Crippen LogP contribution >= 0.6 is 0 Å². The number of hydrogen-bond acceptors (Lipinski definition) is 1. The molecule has 15 heavy (non-hydrogen) atoms. The van der Waals surface area contributed by atoms with Crippen LogP contribution < -0.4 is 0 Å². The van der Waals surface area contributed by atoms with Crippen LogP contribution in [0.25, 0.3) is 0 Å². The van der Waals surface area contributed by atoms with Crippen molar-refractivity contribution in [1.82, 2.24) is 0 Å². The molecule has 0 saturated carbocycles. The first-order valence-corrected chi connectivity index (χ1v) is 5.29. The molecule has 0 bridgehead atoms. The number of fused-ring (bicyclic) bond motifs is 1. The second-order valence-corrected chi connectivity index (χ2v) is 3.88. The molecule has 1 heterocycles. The zero-order valence-electron chi connectivity index (χ0n) is 9.20. The minimum Gasteiger partial charge on any atom is -0.238 e. The quantitative estimate of drug-likeness (QED) is 0.565. The summed E-state index contributed by atoms with van der Waals surface area (Å²) < 4.78 is 0.